The van der Waals surface area contributed by atoms with E-state index in [2.05, 4.69) is 5.32 Å². The molecule has 1 fully saturated rings. The maximum absolute atomic E-state index is 11.9. The standard InChI is InChI=1S/C11H16N2O2/c1-12-6-7-13-10(14)8-4-2-3-5-9(8)11(13)15/h2-3,8-9,12H,4-7H2,1H3/t8-,9+. The summed E-state index contributed by atoms with van der Waals surface area (Å²) in [5, 5.41) is 2.96. The number of allylic oxidation sites excluding steroid dienone is 2. The van der Waals surface area contributed by atoms with E-state index in [-0.39, 0.29) is 23.7 Å². The molecule has 0 bridgehead atoms. The number of likely N-dealkylation sites (N-methyl/N-ethyl adjacent to an activating group) is 1. The number of nitrogens with zero attached hydrogens (tertiary/aromatic N) is 1. The number of imide groups is 1. The Morgan fingerprint density at radius 1 is 1.27 bits per heavy atom. The van der Waals surface area contributed by atoms with Crippen LogP contribution in [0.15, 0.2) is 12.2 Å². The summed E-state index contributed by atoms with van der Waals surface area (Å²) in [4.78, 5) is 25.2. The maximum Gasteiger partial charge on any atom is 0.233 e. The zero-order valence-corrected chi connectivity index (χ0v) is 8.90. The highest BCUT2D eigenvalue weighted by atomic mass is 16.2. The van der Waals surface area contributed by atoms with Crippen LogP contribution in [0.25, 0.3) is 0 Å². The first-order chi connectivity index (χ1) is 7.25. The van der Waals surface area contributed by atoms with Gasteiger partial charge in [-0.25, -0.2) is 0 Å². The molecule has 82 valence electrons. The minimum atomic E-state index is -0.0839. The van der Waals surface area contributed by atoms with Crippen LogP contribution in [0.2, 0.25) is 0 Å². The number of amides is 2. The van der Waals surface area contributed by atoms with E-state index in [1.807, 2.05) is 19.2 Å². The van der Waals surface area contributed by atoms with Gasteiger partial charge in [0.2, 0.25) is 11.8 Å². The molecule has 0 aromatic heterocycles. The van der Waals surface area contributed by atoms with Gasteiger partial charge in [0.15, 0.2) is 0 Å². The molecular weight excluding hydrogens is 192 g/mol. The molecule has 0 aromatic rings. The molecule has 1 aliphatic heterocycles. The van der Waals surface area contributed by atoms with E-state index in [0.29, 0.717) is 13.1 Å². The Hall–Kier alpha value is -1.16. The minimum Gasteiger partial charge on any atom is -0.318 e. The molecule has 4 nitrogen and oxygen atoms in total. The van der Waals surface area contributed by atoms with Gasteiger partial charge >= 0.3 is 0 Å². The second-order valence-electron chi connectivity index (χ2n) is 4.09. The van der Waals surface area contributed by atoms with Crippen molar-refractivity contribution in [2.24, 2.45) is 11.8 Å². The lowest BCUT2D eigenvalue weighted by Crippen LogP contribution is -2.36. The Balaban J connectivity index is 2.10. The van der Waals surface area contributed by atoms with E-state index in [9.17, 15) is 9.59 Å². The van der Waals surface area contributed by atoms with Gasteiger partial charge < -0.3 is 5.32 Å². The van der Waals surface area contributed by atoms with Crippen LogP contribution in [0.5, 0.6) is 0 Å². The molecule has 1 saturated heterocycles. The number of carbonyl (C=O) groups excluding carboxylic acids is 2. The van der Waals surface area contributed by atoms with E-state index >= 15 is 0 Å². The van der Waals surface area contributed by atoms with Crippen LogP contribution in [-0.4, -0.2) is 36.9 Å². The third-order valence-corrected chi connectivity index (χ3v) is 3.18. The predicted molar refractivity (Wildman–Crippen MR) is 56.0 cm³/mol. The van der Waals surface area contributed by atoms with Crippen LogP contribution in [0.4, 0.5) is 0 Å². The Morgan fingerprint density at radius 3 is 2.27 bits per heavy atom. The van der Waals surface area contributed by atoms with Crippen molar-refractivity contribution < 1.29 is 9.59 Å². The molecule has 0 saturated carbocycles. The van der Waals surface area contributed by atoms with Gasteiger partial charge in [-0.3, -0.25) is 14.5 Å². The van der Waals surface area contributed by atoms with Crippen LogP contribution < -0.4 is 5.32 Å². The van der Waals surface area contributed by atoms with Crippen LogP contribution in [0.1, 0.15) is 12.8 Å². The SMILES string of the molecule is CNCCN1C(=O)[C@H]2CC=CC[C@H]2C1=O. The van der Waals surface area contributed by atoms with E-state index in [1.165, 1.54) is 4.90 Å². The number of hydrogen-bond acceptors (Lipinski definition) is 3. The van der Waals surface area contributed by atoms with Crippen molar-refractivity contribution in [1.82, 2.24) is 10.2 Å². The van der Waals surface area contributed by atoms with Gasteiger partial charge in [0.05, 0.1) is 11.8 Å². The lowest BCUT2D eigenvalue weighted by molar-refractivity contribution is -0.139. The highest BCUT2D eigenvalue weighted by Crippen LogP contribution is 2.34. The highest BCUT2D eigenvalue weighted by Gasteiger charge is 2.46. The smallest absolute Gasteiger partial charge is 0.233 e. The molecule has 1 aliphatic carbocycles. The molecular formula is C11H16N2O2. The topological polar surface area (TPSA) is 49.4 Å². The summed E-state index contributed by atoms with van der Waals surface area (Å²) in [6, 6.07) is 0. The van der Waals surface area contributed by atoms with E-state index in [4.69, 9.17) is 0 Å². The number of fused-ring (bicyclic) bond motifs is 1. The fourth-order valence-electron chi connectivity index (χ4n) is 2.31. The van der Waals surface area contributed by atoms with Crippen molar-refractivity contribution in [3.05, 3.63) is 12.2 Å². The molecule has 2 atom stereocenters. The minimum absolute atomic E-state index is 0.0181. The van der Waals surface area contributed by atoms with Gasteiger partial charge in [-0.2, -0.15) is 0 Å². The quantitative estimate of drug-likeness (QED) is 0.531. The Kier molecular flexibility index (Phi) is 2.86. The molecule has 2 amide bonds. The van der Waals surface area contributed by atoms with Gasteiger partial charge in [0, 0.05) is 13.1 Å². The summed E-state index contributed by atoms with van der Waals surface area (Å²) >= 11 is 0. The average molecular weight is 208 g/mol. The van der Waals surface area contributed by atoms with E-state index < -0.39 is 0 Å². The lowest BCUT2D eigenvalue weighted by atomic mass is 9.85. The van der Waals surface area contributed by atoms with E-state index in [1.54, 1.807) is 0 Å². The Labute approximate surface area is 89.3 Å². The number of nitrogens with one attached hydrogen (secondary N) is 1. The molecule has 0 radical (unpaired) electrons. The largest absolute Gasteiger partial charge is 0.318 e. The molecule has 4 heteroatoms. The van der Waals surface area contributed by atoms with Crippen molar-refractivity contribution in [3.63, 3.8) is 0 Å². The third-order valence-electron chi connectivity index (χ3n) is 3.18. The number of hydrogen-bond donors (Lipinski definition) is 1. The summed E-state index contributed by atoms with van der Waals surface area (Å²) < 4.78 is 0. The summed E-state index contributed by atoms with van der Waals surface area (Å²) in [5.41, 5.74) is 0. The fourth-order valence-corrected chi connectivity index (χ4v) is 2.31. The Bertz CT molecular complexity index is 286. The molecule has 0 aromatic carbocycles. The van der Waals surface area contributed by atoms with Crippen molar-refractivity contribution in [2.75, 3.05) is 20.1 Å². The number of likely N-dealkylation sites (tertiary alicyclic amines) is 1. The zero-order chi connectivity index (χ0) is 10.8. The van der Waals surface area contributed by atoms with Crippen molar-refractivity contribution in [2.45, 2.75) is 12.8 Å². The molecule has 2 aliphatic rings. The first-order valence-corrected chi connectivity index (χ1v) is 5.40. The third kappa shape index (κ3) is 1.69. The molecule has 1 N–H and O–H groups in total. The summed E-state index contributed by atoms with van der Waals surface area (Å²) in [7, 11) is 1.82. The molecule has 2 rings (SSSR count). The zero-order valence-electron chi connectivity index (χ0n) is 8.90. The lowest BCUT2D eigenvalue weighted by Gasteiger charge is -2.14. The van der Waals surface area contributed by atoms with Crippen LogP contribution in [0.3, 0.4) is 0 Å². The average Bonchev–Trinajstić information content (AvgIpc) is 2.51. The summed E-state index contributed by atoms with van der Waals surface area (Å²) in [5.74, 6) is -0.132. The fraction of sp³-hybridized carbons (Fsp3) is 0.636. The normalized spacial score (nSPS) is 29.8. The molecule has 0 unspecified atom stereocenters. The van der Waals surface area contributed by atoms with E-state index in [0.717, 1.165) is 12.8 Å². The van der Waals surface area contributed by atoms with Gasteiger partial charge in [-0.1, -0.05) is 12.2 Å². The van der Waals surface area contributed by atoms with Gasteiger partial charge in [-0.15, -0.1) is 0 Å². The maximum atomic E-state index is 11.9. The van der Waals surface area contributed by atoms with Gasteiger partial charge in [-0.05, 0) is 19.9 Å². The van der Waals surface area contributed by atoms with Gasteiger partial charge in [0.1, 0.15) is 0 Å². The second-order valence-corrected chi connectivity index (χ2v) is 4.09. The first-order valence-electron chi connectivity index (χ1n) is 5.40. The monoisotopic (exact) mass is 208 g/mol. The molecule has 15 heavy (non-hydrogen) atoms. The summed E-state index contributed by atoms with van der Waals surface area (Å²) in [6.45, 7) is 1.17. The van der Waals surface area contributed by atoms with Crippen molar-refractivity contribution in [3.8, 4) is 0 Å². The molecule has 0 spiro atoms. The van der Waals surface area contributed by atoms with Crippen LogP contribution >= 0.6 is 0 Å². The highest BCUT2D eigenvalue weighted by molar-refractivity contribution is 6.05. The van der Waals surface area contributed by atoms with Gasteiger partial charge in [0.25, 0.3) is 0 Å². The van der Waals surface area contributed by atoms with Crippen molar-refractivity contribution in [1.29, 1.82) is 0 Å². The number of carbonyl (C=O) groups is 2. The van der Waals surface area contributed by atoms with Crippen LogP contribution in [0, 0.1) is 11.8 Å². The van der Waals surface area contributed by atoms with Crippen molar-refractivity contribution >= 4 is 11.8 Å². The second kappa shape index (κ2) is 4.14. The Morgan fingerprint density at radius 2 is 1.80 bits per heavy atom. The molecule has 1 heterocycles. The summed E-state index contributed by atoms with van der Waals surface area (Å²) in [6.07, 6.45) is 5.47. The van der Waals surface area contributed by atoms with Crippen LogP contribution in [-0.2, 0) is 9.59 Å². The predicted octanol–water partition coefficient (Wildman–Crippen LogP) is 0.157. The first kappa shape index (κ1) is 10.4. The number of rotatable bonds is 3.